The number of alkyl halides is 1. The van der Waals surface area contributed by atoms with Crippen LogP contribution in [0.2, 0.25) is 0 Å². The topological polar surface area (TPSA) is 66.4 Å². The van der Waals surface area contributed by atoms with Crippen LogP contribution in [0.1, 0.15) is 12.5 Å². The van der Waals surface area contributed by atoms with Crippen LogP contribution in [0.15, 0.2) is 30.3 Å². The van der Waals surface area contributed by atoms with Crippen molar-refractivity contribution in [2.75, 3.05) is 0 Å². The van der Waals surface area contributed by atoms with Crippen molar-refractivity contribution in [1.29, 1.82) is 0 Å². The van der Waals surface area contributed by atoms with E-state index in [4.69, 9.17) is 5.11 Å². The number of nitrogens with one attached hydrogen (secondary N) is 1. The first-order chi connectivity index (χ1) is 7.44. The number of halogens is 1. The number of aliphatic carboxylic acids is 1. The van der Waals surface area contributed by atoms with E-state index in [1.807, 2.05) is 0 Å². The molecule has 0 unspecified atom stereocenters. The molecule has 1 aromatic carbocycles. The highest BCUT2D eigenvalue weighted by Crippen LogP contribution is 2.15. The summed E-state index contributed by atoms with van der Waals surface area (Å²) in [6.07, 6.45) is -0.400. The van der Waals surface area contributed by atoms with Crippen LogP contribution in [-0.2, 0) is 16.0 Å². The van der Waals surface area contributed by atoms with Gasteiger partial charge in [0, 0.05) is 13.3 Å². The number of carboxylic acid groups (broad SMARTS) is 1. The fraction of sp³-hybridized carbons (Fsp3) is 0.273. The van der Waals surface area contributed by atoms with Crippen LogP contribution in [0, 0.1) is 0 Å². The average Bonchev–Trinajstić information content (AvgIpc) is 2.17. The summed E-state index contributed by atoms with van der Waals surface area (Å²) >= 11 is 0. The third-order valence-electron chi connectivity index (χ3n) is 2.00. The summed E-state index contributed by atoms with van der Waals surface area (Å²) in [5, 5.41) is 10.6. The number of carbonyl (C=O) groups excluding carboxylic acids is 1. The lowest BCUT2D eigenvalue weighted by Crippen LogP contribution is -2.51. The molecule has 0 aliphatic rings. The largest absolute Gasteiger partial charge is 0.477 e. The quantitative estimate of drug-likeness (QED) is 0.754. The van der Waals surface area contributed by atoms with Gasteiger partial charge in [-0.1, -0.05) is 30.3 Å². The maximum atomic E-state index is 13.9. The van der Waals surface area contributed by atoms with Crippen LogP contribution < -0.4 is 5.32 Å². The van der Waals surface area contributed by atoms with Gasteiger partial charge in [-0.2, -0.15) is 0 Å². The van der Waals surface area contributed by atoms with Crippen molar-refractivity contribution in [3.05, 3.63) is 35.9 Å². The zero-order valence-corrected chi connectivity index (χ0v) is 8.74. The third-order valence-corrected chi connectivity index (χ3v) is 2.00. The minimum absolute atomic E-state index is 0.400. The molecular weight excluding hydrogens is 213 g/mol. The van der Waals surface area contributed by atoms with Gasteiger partial charge >= 0.3 is 5.97 Å². The van der Waals surface area contributed by atoms with Gasteiger partial charge in [0.1, 0.15) is 0 Å². The predicted octanol–water partition coefficient (Wildman–Crippen LogP) is 1.12. The maximum absolute atomic E-state index is 13.9. The SMILES string of the molecule is CC(=O)N[C@](F)(Cc1ccccc1)C(=O)O. The molecule has 16 heavy (non-hydrogen) atoms. The molecule has 1 amide bonds. The van der Waals surface area contributed by atoms with E-state index in [1.54, 1.807) is 35.6 Å². The second-order valence-corrected chi connectivity index (χ2v) is 3.45. The van der Waals surface area contributed by atoms with Crippen LogP contribution in [0.4, 0.5) is 4.39 Å². The first-order valence-electron chi connectivity index (χ1n) is 4.69. The van der Waals surface area contributed by atoms with E-state index in [0.29, 0.717) is 5.56 Å². The lowest BCUT2D eigenvalue weighted by atomic mass is 10.0. The van der Waals surface area contributed by atoms with Crippen LogP contribution in [0.5, 0.6) is 0 Å². The van der Waals surface area contributed by atoms with E-state index in [-0.39, 0.29) is 0 Å². The van der Waals surface area contributed by atoms with Crippen molar-refractivity contribution < 1.29 is 19.1 Å². The van der Waals surface area contributed by atoms with Crippen molar-refractivity contribution in [2.24, 2.45) is 0 Å². The van der Waals surface area contributed by atoms with E-state index < -0.39 is 24.1 Å². The Morgan fingerprint density at radius 3 is 2.38 bits per heavy atom. The van der Waals surface area contributed by atoms with Gasteiger partial charge in [-0.05, 0) is 5.56 Å². The lowest BCUT2D eigenvalue weighted by molar-refractivity contribution is -0.156. The lowest BCUT2D eigenvalue weighted by Gasteiger charge is -2.21. The van der Waals surface area contributed by atoms with Gasteiger partial charge < -0.3 is 10.4 Å². The minimum atomic E-state index is -2.76. The summed E-state index contributed by atoms with van der Waals surface area (Å²) in [5.74, 6) is -5.18. The number of hydrogen-bond acceptors (Lipinski definition) is 2. The molecule has 1 rings (SSSR count). The number of carbonyl (C=O) groups is 2. The fourth-order valence-corrected chi connectivity index (χ4v) is 1.33. The number of hydrogen-bond donors (Lipinski definition) is 2. The summed E-state index contributed by atoms with van der Waals surface area (Å²) in [6, 6.07) is 8.28. The Bertz CT molecular complexity index is 393. The zero-order chi connectivity index (χ0) is 12.2. The molecule has 0 aliphatic carbocycles. The Hall–Kier alpha value is -1.91. The maximum Gasteiger partial charge on any atom is 0.363 e. The van der Waals surface area contributed by atoms with E-state index >= 15 is 0 Å². The van der Waals surface area contributed by atoms with Crippen molar-refractivity contribution in [3.63, 3.8) is 0 Å². The Morgan fingerprint density at radius 2 is 1.94 bits per heavy atom. The molecule has 86 valence electrons. The van der Waals surface area contributed by atoms with Gasteiger partial charge in [-0.3, -0.25) is 4.79 Å². The minimum Gasteiger partial charge on any atom is -0.477 e. The highest BCUT2D eigenvalue weighted by molar-refractivity contribution is 5.84. The molecule has 2 N–H and O–H groups in total. The Balaban J connectivity index is 2.87. The van der Waals surface area contributed by atoms with Crippen LogP contribution in [0.25, 0.3) is 0 Å². The molecule has 1 atom stereocenters. The molecule has 0 aliphatic heterocycles. The van der Waals surface area contributed by atoms with E-state index in [0.717, 1.165) is 6.92 Å². The van der Waals surface area contributed by atoms with Crippen LogP contribution >= 0.6 is 0 Å². The highest BCUT2D eigenvalue weighted by Gasteiger charge is 2.39. The Labute approximate surface area is 92.1 Å². The first kappa shape index (κ1) is 12.2. The fourth-order valence-electron chi connectivity index (χ4n) is 1.33. The van der Waals surface area contributed by atoms with Crippen LogP contribution in [-0.4, -0.2) is 22.8 Å². The number of rotatable bonds is 4. The van der Waals surface area contributed by atoms with Gasteiger partial charge in [0.05, 0.1) is 0 Å². The van der Waals surface area contributed by atoms with Crippen LogP contribution in [0.3, 0.4) is 0 Å². The van der Waals surface area contributed by atoms with E-state index in [2.05, 4.69) is 0 Å². The molecule has 0 saturated heterocycles. The van der Waals surface area contributed by atoms with Crippen molar-refractivity contribution in [2.45, 2.75) is 19.1 Å². The normalized spacial score (nSPS) is 13.9. The summed E-state index contributed by atoms with van der Waals surface area (Å²) in [5.41, 5.74) is 0.501. The molecule has 4 nitrogen and oxygen atoms in total. The van der Waals surface area contributed by atoms with Gasteiger partial charge in [0.25, 0.3) is 5.79 Å². The molecule has 1 aromatic rings. The Kier molecular flexibility index (Phi) is 3.60. The molecule has 0 saturated carbocycles. The average molecular weight is 225 g/mol. The number of carboxylic acids is 1. The summed E-state index contributed by atoms with van der Waals surface area (Å²) < 4.78 is 13.9. The van der Waals surface area contributed by atoms with E-state index in [1.165, 1.54) is 0 Å². The molecule has 0 bridgehead atoms. The smallest absolute Gasteiger partial charge is 0.363 e. The van der Waals surface area contributed by atoms with Gasteiger partial charge in [0.15, 0.2) is 0 Å². The molecule has 0 heterocycles. The standard InChI is InChI=1S/C11H12FNO3/c1-8(14)13-11(12,10(15)16)7-9-5-3-2-4-6-9/h2-6H,7H2,1H3,(H,13,14)(H,15,16)/t11-/m1/s1. The van der Waals surface area contributed by atoms with Crippen molar-refractivity contribution in [1.82, 2.24) is 5.32 Å². The number of benzene rings is 1. The molecule has 0 aromatic heterocycles. The molecular formula is C11H12FNO3. The van der Waals surface area contributed by atoms with Gasteiger partial charge in [-0.15, -0.1) is 0 Å². The second-order valence-electron chi connectivity index (χ2n) is 3.45. The molecule has 0 spiro atoms. The number of amides is 1. The molecule has 5 heteroatoms. The van der Waals surface area contributed by atoms with Crippen molar-refractivity contribution >= 4 is 11.9 Å². The highest BCUT2D eigenvalue weighted by atomic mass is 19.1. The van der Waals surface area contributed by atoms with Gasteiger partial charge in [0.2, 0.25) is 5.91 Å². The van der Waals surface area contributed by atoms with Crippen molar-refractivity contribution in [3.8, 4) is 0 Å². The van der Waals surface area contributed by atoms with Gasteiger partial charge in [-0.25, -0.2) is 9.18 Å². The third kappa shape index (κ3) is 3.05. The molecule has 0 radical (unpaired) electrons. The Morgan fingerprint density at radius 1 is 1.38 bits per heavy atom. The summed E-state index contributed by atoms with van der Waals surface area (Å²) in [4.78, 5) is 21.5. The summed E-state index contributed by atoms with van der Waals surface area (Å²) in [6.45, 7) is 1.07. The second kappa shape index (κ2) is 4.74. The summed E-state index contributed by atoms with van der Waals surface area (Å²) in [7, 11) is 0. The molecule has 0 fully saturated rings. The monoisotopic (exact) mass is 225 g/mol. The zero-order valence-electron chi connectivity index (χ0n) is 8.74. The van der Waals surface area contributed by atoms with E-state index in [9.17, 15) is 14.0 Å². The predicted molar refractivity (Wildman–Crippen MR) is 55.4 cm³/mol. The first-order valence-corrected chi connectivity index (χ1v) is 4.69.